The van der Waals surface area contributed by atoms with Crippen molar-refractivity contribution in [2.75, 3.05) is 6.61 Å². The lowest BCUT2D eigenvalue weighted by molar-refractivity contribution is -0.138. The average Bonchev–Trinajstić information content (AvgIpc) is 2.09. The number of ether oxygens (including phenoxy) is 1. The van der Waals surface area contributed by atoms with Crippen LogP contribution in [0.2, 0.25) is 0 Å². The number of carbonyl (C=O) groups is 1. The van der Waals surface area contributed by atoms with Gasteiger partial charge < -0.3 is 10.2 Å². The summed E-state index contributed by atoms with van der Waals surface area (Å²) in [6.45, 7) is 8.93. The Hall–Kier alpha value is -1.55. The highest BCUT2D eigenvalue weighted by atomic mass is 16.5. The number of hydrogen-bond acceptors (Lipinski definition) is 4. The lowest BCUT2D eigenvalue weighted by atomic mass is 10.3. The minimum Gasteiger partial charge on any atom is -0.457 e. The SMILES string of the molecule is C=CCOC(=O)/C(=C/C(=C)C)NN. The molecule has 0 spiro atoms. The molecule has 13 heavy (non-hydrogen) atoms. The fraction of sp³-hybridized carbons (Fsp3) is 0.222. The van der Waals surface area contributed by atoms with Gasteiger partial charge in [-0.3, -0.25) is 5.84 Å². The summed E-state index contributed by atoms with van der Waals surface area (Å²) >= 11 is 0. The van der Waals surface area contributed by atoms with E-state index in [1.54, 1.807) is 6.92 Å². The van der Waals surface area contributed by atoms with E-state index >= 15 is 0 Å². The molecule has 0 aromatic heterocycles. The van der Waals surface area contributed by atoms with Crippen molar-refractivity contribution in [2.45, 2.75) is 6.92 Å². The standard InChI is InChI=1S/C9H14N2O2/c1-4-5-13-9(12)8(11-10)6-7(2)3/h4,6,11H,1-2,5,10H2,3H3/b8-6-. The van der Waals surface area contributed by atoms with Crippen molar-refractivity contribution < 1.29 is 9.53 Å². The van der Waals surface area contributed by atoms with Crippen molar-refractivity contribution in [3.8, 4) is 0 Å². The molecule has 0 saturated carbocycles. The third-order valence-corrected chi connectivity index (χ3v) is 1.10. The molecule has 0 bridgehead atoms. The zero-order valence-corrected chi connectivity index (χ0v) is 7.67. The number of carbonyl (C=O) groups excluding carboxylic acids is 1. The van der Waals surface area contributed by atoms with Gasteiger partial charge in [0.1, 0.15) is 12.3 Å². The van der Waals surface area contributed by atoms with Crippen LogP contribution in [0.25, 0.3) is 0 Å². The molecule has 0 aromatic rings. The summed E-state index contributed by atoms with van der Waals surface area (Å²) in [6.07, 6.45) is 2.98. The molecular formula is C9H14N2O2. The van der Waals surface area contributed by atoms with Crippen LogP contribution in [0.1, 0.15) is 6.92 Å². The molecule has 72 valence electrons. The Morgan fingerprint density at radius 2 is 2.31 bits per heavy atom. The molecule has 3 N–H and O–H groups in total. The summed E-state index contributed by atoms with van der Waals surface area (Å²) in [4.78, 5) is 11.1. The van der Waals surface area contributed by atoms with E-state index in [9.17, 15) is 4.79 Å². The Morgan fingerprint density at radius 3 is 2.69 bits per heavy atom. The van der Waals surface area contributed by atoms with E-state index < -0.39 is 5.97 Å². The number of rotatable bonds is 5. The van der Waals surface area contributed by atoms with Crippen LogP contribution in [-0.4, -0.2) is 12.6 Å². The van der Waals surface area contributed by atoms with Gasteiger partial charge in [0.15, 0.2) is 0 Å². The Balaban J connectivity index is 4.31. The first-order chi connectivity index (χ1) is 6.11. The summed E-state index contributed by atoms with van der Waals surface area (Å²) in [5, 5.41) is 0. The van der Waals surface area contributed by atoms with Gasteiger partial charge >= 0.3 is 5.97 Å². The Labute approximate surface area is 77.7 Å². The second kappa shape index (κ2) is 6.02. The van der Waals surface area contributed by atoms with E-state index in [-0.39, 0.29) is 12.3 Å². The first kappa shape index (κ1) is 11.4. The highest BCUT2D eigenvalue weighted by molar-refractivity contribution is 5.88. The van der Waals surface area contributed by atoms with E-state index in [4.69, 9.17) is 10.6 Å². The van der Waals surface area contributed by atoms with Gasteiger partial charge in [-0.2, -0.15) is 0 Å². The van der Waals surface area contributed by atoms with Gasteiger partial charge in [0.25, 0.3) is 0 Å². The van der Waals surface area contributed by atoms with E-state index in [2.05, 4.69) is 18.6 Å². The third kappa shape index (κ3) is 4.81. The van der Waals surface area contributed by atoms with E-state index in [0.717, 1.165) is 0 Å². The highest BCUT2D eigenvalue weighted by Gasteiger charge is 2.07. The molecule has 0 radical (unpaired) electrons. The number of hydrazine groups is 1. The van der Waals surface area contributed by atoms with Crippen molar-refractivity contribution in [3.63, 3.8) is 0 Å². The average molecular weight is 182 g/mol. The van der Waals surface area contributed by atoms with Crippen LogP contribution in [-0.2, 0) is 9.53 Å². The van der Waals surface area contributed by atoms with Gasteiger partial charge in [0, 0.05) is 0 Å². The molecule has 0 unspecified atom stereocenters. The highest BCUT2D eigenvalue weighted by Crippen LogP contribution is 1.98. The fourth-order valence-corrected chi connectivity index (χ4v) is 0.618. The number of nitrogens with two attached hydrogens (primary N) is 1. The molecule has 0 aliphatic rings. The Kier molecular flexibility index (Phi) is 5.30. The number of nitrogens with one attached hydrogen (secondary N) is 1. The smallest absolute Gasteiger partial charge is 0.356 e. The molecule has 0 saturated heterocycles. The second-order valence-electron chi connectivity index (χ2n) is 2.44. The molecular weight excluding hydrogens is 168 g/mol. The lowest BCUT2D eigenvalue weighted by Gasteiger charge is -2.05. The number of hydrogen-bond donors (Lipinski definition) is 2. The van der Waals surface area contributed by atoms with Crippen LogP contribution in [0.3, 0.4) is 0 Å². The predicted molar refractivity (Wildman–Crippen MR) is 51.4 cm³/mol. The lowest BCUT2D eigenvalue weighted by Crippen LogP contribution is -2.28. The molecule has 0 aliphatic heterocycles. The summed E-state index contributed by atoms with van der Waals surface area (Å²) < 4.78 is 4.74. The van der Waals surface area contributed by atoms with Crippen LogP contribution in [0.4, 0.5) is 0 Å². The molecule has 4 nitrogen and oxygen atoms in total. The van der Waals surface area contributed by atoms with Crippen molar-refractivity contribution in [2.24, 2.45) is 5.84 Å². The summed E-state index contributed by atoms with van der Waals surface area (Å²) in [6, 6.07) is 0. The molecule has 0 atom stereocenters. The third-order valence-electron chi connectivity index (χ3n) is 1.10. The summed E-state index contributed by atoms with van der Waals surface area (Å²) in [5.74, 6) is 4.58. The molecule has 0 rings (SSSR count). The van der Waals surface area contributed by atoms with Crippen LogP contribution in [0, 0.1) is 0 Å². The first-order valence-electron chi connectivity index (χ1n) is 3.73. The fourth-order valence-electron chi connectivity index (χ4n) is 0.618. The second-order valence-corrected chi connectivity index (χ2v) is 2.44. The summed E-state index contributed by atoms with van der Waals surface area (Å²) in [5.41, 5.74) is 3.12. The normalized spacial score (nSPS) is 10.5. The van der Waals surface area contributed by atoms with Gasteiger partial charge in [0.2, 0.25) is 0 Å². The largest absolute Gasteiger partial charge is 0.457 e. The molecule has 0 aliphatic carbocycles. The molecule has 0 aromatic carbocycles. The molecule has 0 fully saturated rings. The zero-order chi connectivity index (χ0) is 10.3. The maximum atomic E-state index is 11.1. The monoisotopic (exact) mass is 182 g/mol. The zero-order valence-electron chi connectivity index (χ0n) is 7.67. The van der Waals surface area contributed by atoms with Gasteiger partial charge in [0.05, 0.1) is 0 Å². The van der Waals surface area contributed by atoms with Crippen LogP contribution >= 0.6 is 0 Å². The Bertz CT molecular complexity index is 244. The van der Waals surface area contributed by atoms with E-state index in [0.29, 0.717) is 5.57 Å². The van der Waals surface area contributed by atoms with Crippen molar-refractivity contribution in [1.29, 1.82) is 0 Å². The number of allylic oxidation sites excluding steroid dienone is 2. The minimum absolute atomic E-state index is 0.161. The molecule has 0 heterocycles. The van der Waals surface area contributed by atoms with Gasteiger partial charge in [-0.25, -0.2) is 4.79 Å². The maximum Gasteiger partial charge on any atom is 0.356 e. The molecule has 0 amide bonds. The predicted octanol–water partition coefficient (Wildman–Crippen LogP) is 0.639. The van der Waals surface area contributed by atoms with E-state index in [1.807, 2.05) is 0 Å². The van der Waals surface area contributed by atoms with Crippen molar-refractivity contribution in [3.05, 3.63) is 36.6 Å². The van der Waals surface area contributed by atoms with E-state index in [1.165, 1.54) is 12.2 Å². The first-order valence-corrected chi connectivity index (χ1v) is 3.73. The van der Waals surface area contributed by atoms with Crippen molar-refractivity contribution >= 4 is 5.97 Å². The van der Waals surface area contributed by atoms with Crippen molar-refractivity contribution in [1.82, 2.24) is 5.43 Å². The molecule has 4 heteroatoms. The number of esters is 1. The van der Waals surface area contributed by atoms with Crippen LogP contribution in [0.15, 0.2) is 36.6 Å². The van der Waals surface area contributed by atoms with Crippen LogP contribution < -0.4 is 11.3 Å². The van der Waals surface area contributed by atoms with Gasteiger partial charge in [-0.05, 0) is 13.0 Å². The topological polar surface area (TPSA) is 64.3 Å². The quantitative estimate of drug-likeness (QED) is 0.163. The van der Waals surface area contributed by atoms with Crippen LogP contribution in [0.5, 0.6) is 0 Å². The Morgan fingerprint density at radius 1 is 1.69 bits per heavy atom. The summed E-state index contributed by atoms with van der Waals surface area (Å²) in [7, 11) is 0. The minimum atomic E-state index is -0.523. The van der Waals surface area contributed by atoms with Gasteiger partial charge in [-0.15, -0.1) is 0 Å². The maximum absolute atomic E-state index is 11.1. The van der Waals surface area contributed by atoms with Gasteiger partial charge in [-0.1, -0.05) is 24.8 Å².